The predicted octanol–water partition coefficient (Wildman–Crippen LogP) is 7.70. The van der Waals surface area contributed by atoms with Gasteiger partial charge in [-0.15, -0.1) is 11.8 Å². The van der Waals surface area contributed by atoms with E-state index in [2.05, 4.69) is 20.9 Å². The summed E-state index contributed by atoms with van der Waals surface area (Å²) in [6.07, 6.45) is 1.64. The van der Waals surface area contributed by atoms with Crippen molar-refractivity contribution in [3.63, 3.8) is 0 Å². The van der Waals surface area contributed by atoms with Gasteiger partial charge in [-0.1, -0.05) is 42.5 Å². The fourth-order valence-corrected chi connectivity index (χ4v) is 5.55. The molecule has 0 saturated carbocycles. The summed E-state index contributed by atoms with van der Waals surface area (Å²) in [7, 11) is 3.90. The van der Waals surface area contributed by atoms with E-state index in [0.717, 1.165) is 32.8 Å². The molecule has 0 radical (unpaired) electrons. The van der Waals surface area contributed by atoms with E-state index < -0.39 is 11.8 Å². The smallest absolute Gasteiger partial charge is 0.272 e. The van der Waals surface area contributed by atoms with E-state index in [0.29, 0.717) is 22.8 Å². The zero-order chi connectivity index (χ0) is 34.2. The number of thioether (sulfide) groups is 1. The number of hydrogen-bond acceptors (Lipinski definition) is 7. The predicted molar refractivity (Wildman–Crippen MR) is 197 cm³/mol. The lowest BCUT2D eigenvalue weighted by atomic mass is 10.1. The van der Waals surface area contributed by atoms with Gasteiger partial charge in [0.25, 0.3) is 11.8 Å². The Morgan fingerprint density at radius 1 is 0.755 bits per heavy atom. The molecule has 0 aliphatic rings. The van der Waals surface area contributed by atoms with E-state index >= 15 is 0 Å². The van der Waals surface area contributed by atoms with Gasteiger partial charge in [0.05, 0.1) is 5.75 Å². The Hall–Kier alpha value is -6.13. The van der Waals surface area contributed by atoms with Crippen LogP contribution in [0.4, 0.5) is 17.1 Å². The standard InChI is InChI=1S/C39H33N5O4S/c1-44(2)31-20-12-26(13-21-31)24-34(42-37(46)27-8-4-3-5-9-27)38(47)41-30-18-22-32(23-19-30)49-25-36(45)40-29-16-14-28(15-17-29)39-43-33-10-6-7-11-35(33)48-39/h3-24H,25H2,1-2H3,(H,40,45)(H,41,47)(H,42,46)/b34-24-. The molecule has 6 rings (SSSR count). The molecular formula is C39H33N5O4S. The van der Waals surface area contributed by atoms with E-state index in [-0.39, 0.29) is 17.4 Å². The summed E-state index contributed by atoms with van der Waals surface area (Å²) in [4.78, 5) is 46.4. The van der Waals surface area contributed by atoms with Gasteiger partial charge in [0, 0.05) is 47.2 Å². The van der Waals surface area contributed by atoms with Gasteiger partial charge in [0.15, 0.2) is 5.58 Å². The molecule has 0 aliphatic carbocycles. The van der Waals surface area contributed by atoms with Crippen molar-refractivity contribution < 1.29 is 18.8 Å². The van der Waals surface area contributed by atoms with Crippen molar-refractivity contribution >= 4 is 63.7 Å². The SMILES string of the molecule is CN(C)c1ccc(/C=C(\NC(=O)c2ccccc2)C(=O)Nc2ccc(SCC(=O)Nc3ccc(-c4nc5ccccc5o4)cc3)cc2)cc1. The van der Waals surface area contributed by atoms with E-state index in [1.165, 1.54) is 11.8 Å². The highest BCUT2D eigenvalue weighted by Crippen LogP contribution is 2.26. The van der Waals surface area contributed by atoms with Crippen LogP contribution in [0.15, 0.2) is 142 Å². The van der Waals surface area contributed by atoms with Crippen molar-refractivity contribution in [2.45, 2.75) is 4.90 Å². The number of amides is 3. The van der Waals surface area contributed by atoms with Crippen LogP contribution in [0.3, 0.4) is 0 Å². The van der Waals surface area contributed by atoms with Gasteiger partial charge in [0.2, 0.25) is 11.8 Å². The number of aromatic nitrogens is 1. The second kappa shape index (κ2) is 15.2. The zero-order valence-corrected chi connectivity index (χ0v) is 27.7. The molecule has 3 N–H and O–H groups in total. The summed E-state index contributed by atoms with van der Waals surface area (Å²) in [6, 6.07) is 38.5. The lowest BCUT2D eigenvalue weighted by molar-refractivity contribution is -0.114. The van der Waals surface area contributed by atoms with Crippen molar-refractivity contribution in [1.29, 1.82) is 0 Å². The number of oxazole rings is 1. The first-order valence-corrected chi connectivity index (χ1v) is 16.4. The van der Waals surface area contributed by atoms with Crippen LogP contribution >= 0.6 is 11.8 Å². The van der Waals surface area contributed by atoms with Crippen molar-refractivity contribution in [2.75, 3.05) is 35.4 Å². The third-order valence-electron chi connectivity index (χ3n) is 7.44. The number of para-hydroxylation sites is 2. The quantitative estimate of drug-likeness (QED) is 0.0958. The largest absolute Gasteiger partial charge is 0.436 e. The molecule has 0 unspecified atom stereocenters. The van der Waals surface area contributed by atoms with Gasteiger partial charge in [0.1, 0.15) is 11.2 Å². The number of benzene rings is 5. The Morgan fingerprint density at radius 2 is 1.41 bits per heavy atom. The van der Waals surface area contributed by atoms with E-state index in [4.69, 9.17) is 4.42 Å². The number of nitrogens with one attached hydrogen (secondary N) is 3. The molecule has 0 spiro atoms. The van der Waals surface area contributed by atoms with Crippen LogP contribution in [0, 0.1) is 0 Å². The number of rotatable bonds is 11. The molecule has 1 heterocycles. The van der Waals surface area contributed by atoms with Crippen molar-refractivity contribution in [3.8, 4) is 11.5 Å². The lowest BCUT2D eigenvalue weighted by Crippen LogP contribution is -2.30. The van der Waals surface area contributed by atoms with E-state index in [1.807, 2.05) is 110 Å². The first-order chi connectivity index (χ1) is 23.8. The third-order valence-corrected chi connectivity index (χ3v) is 8.45. The van der Waals surface area contributed by atoms with Gasteiger partial charge in [-0.25, -0.2) is 4.98 Å². The summed E-state index contributed by atoms with van der Waals surface area (Å²) in [6.45, 7) is 0. The van der Waals surface area contributed by atoms with Gasteiger partial charge in [-0.05, 0) is 96.6 Å². The van der Waals surface area contributed by atoms with E-state index in [9.17, 15) is 14.4 Å². The maximum atomic E-state index is 13.4. The second-order valence-electron chi connectivity index (χ2n) is 11.2. The molecule has 0 atom stereocenters. The summed E-state index contributed by atoms with van der Waals surface area (Å²) in [5.74, 6) is -0.296. The Labute approximate surface area is 288 Å². The van der Waals surface area contributed by atoms with Crippen LogP contribution in [0.5, 0.6) is 0 Å². The Morgan fingerprint density at radius 3 is 2.10 bits per heavy atom. The average molecular weight is 668 g/mol. The Bertz CT molecular complexity index is 2080. The minimum atomic E-state index is -0.470. The summed E-state index contributed by atoms with van der Waals surface area (Å²) < 4.78 is 5.82. The topological polar surface area (TPSA) is 117 Å². The minimum Gasteiger partial charge on any atom is -0.436 e. The third kappa shape index (κ3) is 8.62. The number of hydrogen-bond donors (Lipinski definition) is 3. The number of anilines is 3. The van der Waals surface area contributed by atoms with Crippen molar-refractivity contribution in [3.05, 3.63) is 144 Å². The van der Waals surface area contributed by atoms with Crippen molar-refractivity contribution in [2.24, 2.45) is 0 Å². The molecule has 1 aromatic heterocycles. The Kier molecular flexibility index (Phi) is 10.2. The van der Waals surface area contributed by atoms with Crippen LogP contribution in [-0.2, 0) is 9.59 Å². The van der Waals surface area contributed by atoms with E-state index in [1.54, 1.807) is 42.5 Å². The summed E-state index contributed by atoms with van der Waals surface area (Å²) in [5.41, 5.74) is 5.84. The normalized spacial score (nSPS) is 11.2. The molecule has 6 aromatic rings. The second-order valence-corrected chi connectivity index (χ2v) is 12.3. The summed E-state index contributed by atoms with van der Waals surface area (Å²) >= 11 is 1.37. The van der Waals surface area contributed by atoms with Crippen molar-refractivity contribution in [1.82, 2.24) is 10.3 Å². The molecule has 0 bridgehead atoms. The molecule has 0 saturated heterocycles. The molecule has 9 nitrogen and oxygen atoms in total. The molecule has 10 heteroatoms. The molecule has 5 aromatic carbocycles. The first kappa shape index (κ1) is 32.8. The number of carbonyl (C=O) groups is 3. The van der Waals surface area contributed by atoms with Crippen LogP contribution < -0.4 is 20.9 Å². The summed E-state index contributed by atoms with van der Waals surface area (Å²) in [5, 5.41) is 8.54. The fraction of sp³-hybridized carbons (Fsp3) is 0.0769. The highest BCUT2D eigenvalue weighted by atomic mass is 32.2. The lowest BCUT2D eigenvalue weighted by Gasteiger charge is -2.13. The van der Waals surface area contributed by atoms with Gasteiger partial charge >= 0.3 is 0 Å². The van der Waals surface area contributed by atoms with Crippen LogP contribution in [0.1, 0.15) is 15.9 Å². The number of fused-ring (bicyclic) bond motifs is 1. The maximum Gasteiger partial charge on any atom is 0.272 e. The average Bonchev–Trinajstić information content (AvgIpc) is 3.56. The minimum absolute atomic E-state index is 0.100. The molecule has 0 fully saturated rings. The molecule has 0 aliphatic heterocycles. The number of carbonyl (C=O) groups excluding carboxylic acids is 3. The van der Waals surface area contributed by atoms with Crippen LogP contribution in [-0.4, -0.2) is 42.6 Å². The number of nitrogens with zero attached hydrogens (tertiary/aromatic N) is 2. The molecule has 49 heavy (non-hydrogen) atoms. The molecule has 244 valence electrons. The van der Waals surface area contributed by atoms with Crippen LogP contribution in [0.2, 0.25) is 0 Å². The first-order valence-electron chi connectivity index (χ1n) is 15.5. The van der Waals surface area contributed by atoms with Gasteiger partial charge < -0.3 is 25.3 Å². The monoisotopic (exact) mass is 667 g/mol. The molecule has 3 amide bonds. The zero-order valence-electron chi connectivity index (χ0n) is 26.8. The maximum absolute atomic E-state index is 13.4. The Balaban J connectivity index is 1.05. The van der Waals surface area contributed by atoms with Gasteiger partial charge in [-0.2, -0.15) is 0 Å². The highest BCUT2D eigenvalue weighted by Gasteiger charge is 2.16. The molecular weight excluding hydrogens is 635 g/mol. The highest BCUT2D eigenvalue weighted by molar-refractivity contribution is 8.00. The van der Waals surface area contributed by atoms with Gasteiger partial charge in [-0.3, -0.25) is 14.4 Å². The fourth-order valence-electron chi connectivity index (χ4n) is 4.85. The van der Waals surface area contributed by atoms with Crippen LogP contribution in [0.25, 0.3) is 28.6 Å².